The first-order valence-corrected chi connectivity index (χ1v) is 6.43. The zero-order valence-corrected chi connectivity index (χ0v) is 11.0. The minimum absolute atomic E-state index is 0.111. The van der Waals surface area contributed by atoms with Gasteiger partial charge in [-0.1, -0.05) is 0 Å². The number of nitrogens with one attached hydrogen (secondary N) is 1. The summed E-state index contributed by atoms with van der Waals surface area (Å²) in [6.45, 7) is 0.218. The highest BCUT2D eigenvalue weighted by molar-refractivity contribution is 6.03. The summed E-state index contributed by atoms with van der Waals surface area (Å²) in [5, 5.41) is 2.63. The lowest BCUT2D eigenvalue weighted by molar-refractivity contribution is -0.128. The van der Waals surface area contributed by atoms with E-state index in [9.17, 15) is 14.0 Å². The lowest BCUT2D eigenvalue weighted by Gasteiger charge is -2.24. The van der Waals surface area contributed by atoms with Gasteiger partial charge in [0.15, 0.2) is 11.9 Å². The Hall–Kier alpha value is -2.63. The maximum atomic E-state index is 13.1. The van der Waals surface area contributed by atoms with Gasteiger partial charge in [-0.3, -0.25) is 9.59 Å². The summed E-state index contributed by atoms with van der Waals surface area (Å²) < 4.78 is 23.7. The second-order valence-electron chi connectivity index (χ2n) is 4.67. The second-order valence-corrected chi connectivity index (χ2v) is 4.67. The zero-order chi connectivity index (χ0) is 14.8. The molecule has 1 atom stereocenters. The normalized spacial score (nSPS) is 17.0. The molecule has 0 bridgehead atoms. The van der Waals surface area contributed by atoms with Crippen molar-refractivity contribution in [1.82, 2.24) is 5.32 Å². The van der Waals surface area contributed by atoms with Crippen molar-refractivity contribution in [1.29, 1.82) is 0 Å². The number of halogens is 1. The molecule has 1 aliphatic heterocycles. The number of hydrogen-bond donors (Lipinski definition) is 1. The lowest BCUT2D eigenvalue weighted by atomic mass is 10.00. The number of furan rings is 1. The van der Waals surface area contributed by atoms with Crippen LogP contribution in [0.3, 0.4) is 0 Å². The number of ether oxygens (including phenoxy) is 1. The van der Waals surface area contributed by atoms with E-state index in [-0.39, 0.29) is 30.1 Å². The monoisotopic (exact) mass is 289 g/mol. The fourth-order valence-electron chi connectivity index (χ4n) is 2.14. The van der Waals surface area contributed by atoms with Crippen molar-refractivity contribution in [2.75, 3.05) is 0 Å². The summed E-state index contributed by atoms with van der Waals surface area (Å²) in [5.41, 5.74) is 0.171. The van der Waals surface area contributed by atoms with E-state index in [0.29, 0.717) is 5.76 Å². The standard InChI is InChI=1S/C15H12FNO4/c16-9-3-4-13-11(6-9)12(18)7-14(21-13)15(19)17-8-10-2-1-5-20-10/h1-6,14H,7-8H2,(H,17,19)/t14-/m1/s1. The maximum absolute atomic E-state index is 13.1. The summed E-state index contributed by atoms with van der Waals surface area (Å²) in [5.74, 6) is -0.395. The van der Waals surface area contributed by atoms with E-state index in [0.717, 1.165) is 6.07 Å². The Labute approximate surface area is 119 Å². The summed E-state index contributed by atoms with van der Waals surface area (Å²) in [4.78, 5) is 24.0. The Morgan fingerprint density at radius 1 is 1.38 bits per heavy atom. The molecule has 108 valence electrons. The van der Waals surface area contributed by atoms with Crippen LogP contribution in [0.4, 0.5) is 4.39 Å². The van der Waals surface area contributed by atoms with E-state index >= 15 is 0 Å². The van der Waals surface area contributed by atoms with Gasteiger partial charge in [0.25, 0.3) is 5.91 Å². The molecule has 6 heteroatoms. The van der Waals surface area contributed by atoms with Crippen LogP contribution in [0.25, 0.3) is 0 Å². The molecule has 2 aromatic rings. The van der Waals surface area contributed by atoms with Crippen LogP contribution in [0.2, 0.25) is 0 Å². The van der Waals surface area contributed by atoms with Gasteiger partial charge in [-0.15, -0.1) is 0 Å². The average molecular weight is 289 g/mol. The average Bonchev–Trinajstić information content (AvgIpc) is 2.98. The van der Waals surface area contributed by atoms with Gasteiger partial charge in [-0.25, -0.2) is 4.39 Å². The predicted octanol–water partition coefficient (Wildman–Crippen LogP) is 2.07. The number of carbonyl (C=O) groups excluding carboxylic acids is 2. The van der Waals surface area contributed by atoms with Crippen LogP contribution in [0.15, 0.2) is 41.0 Å². The van der Waals surface area contributed by atoms with Gasteiger partial charge >= 0.3 is 0 Å². The molecule has 3 rings (SSSR count). The molecule has 0 saturated carbocycles. The van der Waals surface area contributed by atoms with Crippen LogP contribution in [-0.4, -0.2) is 17.8 Å². The van der Waals surface area contributed by atoms with Crippen molar-refractivity contribution in [2.45, 2.75) is 19.1 Å². The van der Waals surface area contributed by atoms with E-state index in [2.05, 4.69) is 5.32 Å². The van der Waals surface area contributed by atoms with E-state index in [1.54, 1.807) is 12.1 Å². The summed E-state index contributed by atoms with van der Waals surface area (Å²) in [6.07, 6.45) is 0.485. The SMILES string of the molecule is O=C1C[C@H](C(=O)NCc2ccco2)Oc2ccc(F)cc21. The summed E-state index contributed by atoms with van der Waals surface area (Å²) in [6, 6.07) is 7.11. The highest BCUT2D eigenvalue weighted by Gasteiger charge is 2.31. The van der Waals surface area contributed by atoms with Gasteiger partial charge < -0.3 is 14.5 Å². The molecule has 0 saturated heterocycles. The van der Waals surface area contributed by atoms with Gasteiger partial charge in [-0.2, -0.15) is 0 Å². The van der Waals surface area contributed by atoms with Crippen molar-refractivity contribution in [3.05, 3.63) is 53.7 Å². The number of hydrogen-bond acceptors (Lipinski definition) is 4. The first-order chi connectivity index (χ1) is 10.1. The third-order valence-electron chi connectivity index (χ3n) is 3.19. The smallest absolute Gasteiger partial charge is 0.261 e. The molecule has 0 spiro atoms. The number of benzene rings is 1. The van der Waals surface area contributed by atoms with Crippen LogP contribution >= 0.6 is 0 Å². The first kappa shape index (κ1) is 13.4. The molecule has 0 radical (unpaired) electrons. The largest absolute Gasteiger partial charge is 0.479 e. The molecule has 1 aliphatic rings. The highest BCUT2D eigenvalue weighted by atomic mass is 19.1. The van der Waals surface area contributed by atoms with E-state index < -0.39 is 17.8 Å². The third-order valence-corrected chi connectivity index (χ3v) is 3.19. The van der Waals surface area contributed by atoms with Crippen LogP contribution in [0, 0.1) is 5.82 Å². The van der Waals surface area contributed by atoms with Crippen molar-refractivity contribution in [3.8, 4) is 5.75 Å². The number of rotatable bonds is 3. The maximum Gasteiger partial charge on any atom is 0.261 e. The number of Topliss-reactive ketones (excluding diaryl/α,β-unsaturated/α-hetero) is 1. The van der Waals surface area contributed by atoms with Gasteiger partial charge in [0.05, 0.1) is 24.8 Å². The van der Waals surface area contributed by atoms with E-state index in [4.69, 9.17) is 9.15 Å². The lowest BCUT2D eigenvalue weighted by Crippen LogP contribution is -2.41. The van der Waals surface area contributed by atoms with E-state index in [1.165, 1.54) is 18.4 Å². The van der Waals surface area contributed by atoms with Crippen molar-refractivity contribution < 1.29 is 23.1 Å². The molecule has 1 aromatic carbocycles. The quantitative estimate of drug-likeness (QED) is 0.939. The predicted molar refractivity (Wildman–Crippen MR) is 70.3 cm³/mol. The molecule has 0 unspecified atom stereocenters. The molecular formula is C15H12FNO4. The summed E-state index contributed by atoms with van der Waals surface area (Å²) in [7, 11) is 0. The van der Waals surface area contributed by atoms with Gasteiger partial charge in [0, 0.05) is 0 Å². The zero-order valence-electron chi connectivity index (χ0n) is 11.0. The molecule has 21 heavy (non-hydrogen) atoms. The first-order valence-electron chi connectivity index (χ1n) is 6.43. The summed E-state index contributed by atoms with van der Waals surface area (Å²) >= 11 is 0. The molecule has 1 N–H and O–H groups in total. The Bertz CT molecular complexity index is 681. The van der Waals surface area contributed by atoms with Crippen molar-refractivity contribution in [2.24, 2.45) is 0 Å². The minimum atomic E-state index is -0.912. The highest BCUT2D eigenvalue weighted by Crippen LogP contribution is 2.28. The Kier molecular flexibility index (Phi) is 3.43. The third kappa shape index (κ3) is 2.79. The number of ketones is 1. The number of amides is 1. The van der Waals surface area contributed by atoms with Crippen LogP contribution in [0.1, 0.15) is 22.5 Å². The van der Waals surface area contributed by atoms with Crippen LogP contribution in [0.5, 0.6) is 5.75 Å². The fourth-order valence-corrected chi connectivity index (χ4v) is 2.14. The van der Waals surface area contributed by atoms with Crippen LogP contribution < -0.4 is 10.1 Å². The van der Waals surface area contributed by atoms with Crippen molar-refractivity contribution >= 4 is 11.7 Å². The Balaban J connectivity index is 1.69. The molecule has 1 aromatic heterocycles. The van der Waals surface area contributed by atoms with Gasteiger partial charge in [-0.05, 0) is 30.3 Å². The molecule has 2 heterocycles. The van der Waals surface area contributed by atoms with Crippen molar-refractivity contribution in [3.63, 3.8) is 0 Å². The molecule has 0 fully saturated rings. The van der Waals surface area contributed by atoms with Gasteiger partial charge in [0.2, 0.25) is 0 Å². The fraction of sp³-hybridized carbons (Fsp3) is 0.200. The molecule has 0 aliphatic carbocycles. The molecular weight excluding hydrogens is 277 g/mol. The second kappa shape index (κ2) is 5.40. The molecule has 5 nitrogen and oxygen atoms in total. The number of carbonyl (C=O) groups is 2. The minimum Gasteiger partial charge on any atom is -0.479 e. The van der Waals surface area contributed by atoms with Gasteiger partial charge in [0.1, 0.15) is 17.3 Å². The van der Waals surface area contributed by atoms with Crippen LogP contribution in [-0.2, 0) is 11.3 Å². The Morgan fingerprint density at radius 2 is 2.24 bits per heavy atom. The number of fused-ring (bicyclic) bond motifs is 1. The molecule has 1 amide bonds. The topological polar surface area (TPSA) is 68.5 Å². The van der Waals surface area contributed by atoms with E-state index in [1.807, 2.05) is 0 Å². The Morgan fingerprint density at radius 3 is 3.00 bits per heavy atom.